The molecule has 9 nitrogen and oxygen atoms in total. The van der Waals surface area contributed by atoms with E-state index in [4.69, 9.17) is 18.9 Å². The maximum absolute atomic E-state index is 12.2. The summed E-state index contributed by atoms with van der Waals surface area (Å²) in [7, 11) is 4.52. The Morgan fingerprint density at radius 2 is 1.74 bits per heavy atom. The molecule has 2 aromatic rings. The zero-order valence-electron chi connectivity index (χ0n) is 17.7. The standard InChI is InChI=1S/C21H24BrN3O6/c1-5-31-20-15(22)8-13(9-18(20)30-4)11-24-25-19(26)12-23-21(27)14-6-7-16(28-2)17(10-14)29-3/h6-11H,5,12H2,1-4H3,(H,23,27)(H,25,26). The van der Waals surface area contributed by atoms with Crippen LogP contribution in [0.1, 0.15) is 22.8 Å². The molecule has 0 radical (unpaired) electrons. The predicted molar refractivity (Wildman–Crippen MR) is 119 cm³/mol. The van der Waals surface area contributed by atoms with Crippen molar-refractivity contribution in [2.75, 3.05) is 34.5 Å². The lowest BCUT2D eigenvalue weighted by Crippen LogP contribution is -2.34. The molecule has 166 valence electrons. The van der Waals surface area contributed by atoms with Gasteiger partial charge in [0.1, 0.15) is 0 Å². The summed E-state index contributed by atoms with van der Waals surface area (Å²) >= 11 is 3.42. The maximum Gasteiger partial charge on any atom is 0.259 e. The van der Waals surface area contributed by atoms with E-state index in [1.165, 1.54) is 33.6 Å². The van der Waals surface area contributed by atoms with E-state index in [-0.39, 0.29) is 6.54 Å². The third-order valence-electron chi connectivity index (χ3n) is 4.00. The molecule has 0 unspecified atom stereocenters. The third-order valence-corrected chi connectivity index (χ3v) is 4.59. The van der Waals surface area contributed by atoms with Gasteiger partial charge in [0, 0.05) is 5.56 Å². The molecule has 0 heterocycles. The lowest BCUT2D eigenvalue weighted by atomic mass is 10.2. The van der Waals surface area contributed by atoms with Crippen LogP contribution < -0.4 is 29.7 Å². The first-order valence-electron chi connectivity index (χ1n) is 9.25. The number of ether oxygens (including phenoxy) is 4. The van der Waals surface area contributed by atoms with Crippen LogP contribution in [0.4, 0.5) is 0 Å². The number of hydrogen-bond donors (Lipinski definition) is 2. The molecule has 0 saturated heterocycles. The number of amides is 2. The van der Waals surface area contributed by atoms with Gasteiger partial charge in [-0.3, -0.25) is 9.59 Å². The molecule has 10 heteroatoms. The summed E-state index contributed by atoms with van der Waals surface area (Å²) in [6, 6.07) is 8.22. The lowest BCUT2D eigenvalue weighted by molar-refractivity contribution is -0.120. The molecule has 0 saturated carbocycles. The molecule has 0 bridgehead atoms. The zero-order valence-corrected chi connectivity index (χ0v) is 19.2. The Kier molecular flexibility index (Phi) is 9.13. The third kappa shape index (κ3) is 6.61. The van der Waals surface area contributed by atoms with Gasteiger partial charge in [0.05, 0.1) is 45.2 Å². The second kappa shape index (κ2) is 11.8. The topological polar surface area (TPSA) is 107 Å². The number of halogens is 1. The first-order valence-corrected chi connectivity index (χ1v) is 10.0. The van der Waals surface area contributed by atoms with Crippen molar-refractivity contribution in [2.24, 2.45) is 5.10 Å². The fraction of sp³-hybridized carbons (Fsp3) is 0.286. The van der Waals surface area contributed by atoms with Crippen molar-refractivity contribution in [3.8, 4) is 23.0 Å². The van der Waals surface area contributed by atoms with Crippen LogP contribution in [-0.2, 0) is 4.79 Å². The Morgan fingerprint density at radius 3 is 2.39 bits per heavy atom. The van der Waals surface area contributed by atoms with Crippen LogP contribution in [0.25, 0.3) is 0 Å². The number of hydrogen-bond acceptors (Lipinski definition) is 7. The Balaban J connectivity index is 1.93. The van der Waals surface area contributed by atoms with Crippen molar-refractivity contribution in [1.29, 1.82) is 0 Å². The minimum absolute atomic E-state index is 0.249. The Bertz CT molecular complexity index is 964. The van der Waals surface area contributed by atoms with Gasteiger partial charge in [-0.2, -0.15) is 5.10 Å². The van der Waals surface area contributed by atoms with Crippen LogP contribution in [0.15, 0.2) is 39.9 Å². The SMILES string of the molecule is CCOc1c(Br)cc(C=NNC(=O)CNC(=O)c2ccc(OC)c(OC)c2)cc1OC. The Morgan fingerprint density at radius 1 is 1.03 bits per heavy atom. The fourth-order valence-corrected chi connectivity index (χ4v) is 3.13. The van der Waals surface area contributed by atoms with E-state index in [0.717, 1.165) is 0 Å². The normalized spacial score (nSPS) is 10.5. The van der Waals surface area contributed by atoms with Crippen molar-refractivity contribution in [2.45, 2.75) is 6.92 Å². The average molecular weight is 494 g/mol. The van der Waals surface area contributed by atoms with Crippen molar-refractivity contribution in [1.82, 2.24) is 10.7 Å². The van der Waals surface area contributed by atoms with Crippen LogP contribution in [-0.4, -0.2) is 52.5 Å². The van der Waals surface area contributed by atoms with Gasteiger partial charge in [0.15, 0.2) is 23.0 Å². The van der Waals surface area contributed by atoms with E-state index in [9.17, 15) is 9.59 Å². The molecule has 0 aromatic heterocycles. The molecule has 2 aromatic carbocycles. The van der Waals surface area contributed by atoms with Crippen LogP contribution in [0.3, 0.4) is 0 Å². The number of nitrogens with zero attached hydrogens (tertiary/aromatic N) is 1. The van der Waals surface area contributed by atoms with E-state index in [0.29, 0.717) is 45.2 Å². The van der Waals surface area contributed by atoms with Crippen molar-refractivity contribution < 1.29 is 28.5 Å². The smallest absolute Gasteiger partial charge is 0.259 e. The predicted octanol–water partition coefficient (Wildman–Crippen LogP) is 2.75. The van der Waals surface area contributed by atoms with E-state index in [1.807, 2.05) is 6.92 Å². The summed E-state index contributed by atoms with van der Waals surface area (Å²) in [5, 5.41) is 6.42. The molecule has 0 aliphatic heterocycles. The Hall–Kier alpha value is -3.27. The fourth-order valence-electron chi connectivity index (χ4n) is 2.56. The first kappa shape index (κ1) is 24.0. The molecular formula is C21H24BrN3O6. The Labute approximate surface area is 188 Å². The van der Waals surface area contributed by atoms with Crippen LogP contribution in [0.2, 0.25) is 0 Å². The quantitative estimate of drug-likeness (QED) is 0.389. The highest BCUT2D eigenvalue weighted by atomic mass is 79.9. The van der Waals surface area contributed by atoms with Gasteiger partial charge < -0.3 is 24.3 Å². The molecule has 2 rings (SSSR count). The average Bonchev–Trinajstić information content (AvgIpc) is 2.78. The molecule has 0 aliphatic carbocycles. The number of hydrazone groups is 1. The summed E-state index contributed by atoms with van der Waals surface area (Å²) in [5.41, 5.74) is 3.38. The monoisotopic (exact) mass is 493 g/mol. The largest absolute Gasteiger partial charge is 0.493 e. The van der Waals surface area contributed by atoms with Gasteiger partial charge >= 0.3 is 0 Å². The van der Waals surface area contributed by atoms with Gasteiger partial charge in [-0.25, -0.2) is 5.43 Å². The maximum atomic E-state index is 12.2. The van der Waals surface area contributed by atoms with Gasteiger partial charge in [-0.1, -0.05) is 0 Å². The molecule has 0 spiro atoms. The first-order chi connectivity index (χ1) is 14.9. The van der Waals surface area contributed by atoms with E-state index in [1.54, 1.807) is 24.3 Å². The highest BCUT2D eigenvalue weighted by Crippen LogP contribution is 2.36. The van der Waals surface area contributed by atoms with Crippen molar-refractivity contribution in [3.05, 3.63) is 45.9 Å². The second-order valence-corrected chi connectivity index (χ2v) is 6.87. The lowest BCUT2D eigenvalue weighted by Gasteiger charge is -2.12. The molecule has 0 aliphatic rings. The van der Waals surface area contributed by atoms with E-state index < -0.39 is 11.8 Å². The van der Waals surface area contributed by atoms with Crippen LogP contribution in [0.5, 0.6) is 23.0 Å². The molecule has 2 N–H and O–H groups in total. The summed E-state index contributed by atoms with van der Waals surface area (Å²) in [4.78, 5) is 24.2. The molecule has 0 fully saturated rings. The minimum atomic E-state index is -0.484. The zero-order chi connectivity index (χ0) is 22.8. The molecular weight excluding hydrogens is 470 g/mol. The van der Waals surface area contributed by atoms with Crippen LogP contribution >= 0.6 is 15.9 Å². The highest BCUT2D eigenvalue weighted by Gasteiger charge is 2.12. The van der Waals surface area contributed by atoms with E-state index in [2.05, 4.69) is 31.8 Å². The van der Waals surface area contributed by atoms with Crippen LogP contribution in [0, 0.1) is 0 Å². The number of nitrogens with one attached hydrogen (secondary N) is 2. The molecule has 0 atom stereocenters. The second-order valence-electron chi connectivity index (χ2n) is 6.01. The number of carbonyl (C=O) groups is 2. The van der Waals surface area contributed by atoms with Gasteiger partial charge in [0.25, 0.3) is 11.8 Å². The highest BCUT2D eigenvalue weighted by molar-refractivity contribution is 9.10. The number of benzene rings is 2. The number of carbonyl (C=O) groups excluding carboxylic acids is 2. The van der Waals surface area contributed by atoms with Gasteiger partial charge in [-0.05, 0) is 58.7 Å². The van der Waals surface area contributed by atoms with Crippen molar-refractivity contribution in [3.63, 3.8) is 0 Å². The van der Waals surface area contributed by atoms with Gasteiger partial charge in [0.2, 0.25) is 0 Å². The van der Waals surface area contributed by atoms with E-state index >= 15 is 0 Å². The summed E-state index contributed by atoms with van der Waals surface area (Å²) in [6.07, 6.45) is 1.46. The molecule has 31 heavy (non-hydrogen) atoms. The molecule has 2 amide bonds. The summed E-state index contributed by atoms with van der Waals surface area (Å²) in [6.45, 7) is 2.12. The minimum Gasteiger partial charge on any atom is -0.493 e. The summed E-state index contributed by atoms with van der Waals surface area (Å²) < 4.78 is 21.9. The number of rotatable bonds is 10. The number of methoxy groups -OCH3 is 3. The van der Waals surface area contributed by atoms with Crippen molar-refractivity contribution >= 4 is 34.0 Å². The van der Waals surface area contributed by atoms with Gasteiger partial charge in [-0.15, -0.1) is 0 Å². The summed E-state index contributed by atoms with van der Waals surface area (Å²) in [5.74, 6) is 1.13.